The number of carboxylic acid groups (broad SMARTS) is 1. The van der Waals surface area contributed by atoms with E-state index in [9.17, 15) is 18.5 Å². The maximum atomic E-state index is 13.9. The number of rotatable bonds is 4. The molecular weight excluding hydrogens is 363 g/mol. The molecule has 2 aromatic carbocycles. The van der Waals surface area contributed by atoms with E-state index in [1.807, 2.05) is 37.3 Å². The standard InChI is InChI=1S/C22H21FO3S/c1-13-18(11-14-5-8-16(9-6-14)27(4)26)17-10-7-15(23)12-19(17)20(13)22(2,3)21(24)25/h5-12H,1-4H3,(H,24,25)/b18-11-. The first kappa shape index (κ1) is 19.2. The Hall–Kier alpha value is -2.53. The number of carboxylic acids is 1. The van der Waals surface area contributed by atoms with Gasteiger partial charge in [0.2, 0.25) is 0 Å². The summed E-state index contributed by atoms with van der Waals surface area (Å²) in [5.74, 6) is -1.35. The van der Waals surface area contributed by atoms with Crippen molar-refractivity contribution < 1.29 is 18.5 Å². The minimum absolute atomic E-state index is 0.392. The zero-order chi connectivity index (χ0) is 19.9. The van der Waals surface area contributed by atoms with Gasteiger partial charge in [-0.2, -0.15) is 0 Å². The van der Waals surface area contributed by atoms with E-state index >= 15 is 0 Å². The minimum atomic E-state index is -1.15. The van der Waals surface area contributed by atoms with E-state index in [0.717, 1.165) is 27.2 Å². The van der Waals surface area contributed by atoms with Crippen LogP contribution in [0.2, 0.25) is 0 Å². The predicted octanol–water partition coefficient (Wildman–Crippen LogP) is 5.00. The van der Waals surface area contributed by atoms with Crippen molar-refractivity contribution in [2.45, 2.75) is 25.7 Å². The van der Waals surface area contributed by atoms with Crippen molar-refractivity contribution in [1.29, 1.82) is 0 Å². The molecule has 0 saturated carbocycles. The van der Waals surface area contributed by atoms with Gasteiger partial charge in [-0.25, -0.2) is 4.39 Å². The lowest BCUT2D eigenvalue weighted by atomic mass is 9.80. The number of allylic oxidation sites excluding steroid dienone is 2. The topological polar surface area (TPSA) is 54.4 Å². The van der Waals surface area contributed by atoms with Crippen molar-refractivity contribution in [3.63, 3.8) is 0 Å². The fraction of sp³-hybridized carbons (Fsp3) is 0.227. The molecule has 0 fully saturated rings. The first-order valence-electron chi connectivity index (χ1n) is 8.53. The SMILES string of the molecule is CC1=C(C(C)(C)C(=O)O)c2cc(F)ccc2/C1=C\c1ccc(S(C)=O)cc1. The third-order valence-corrected chi connectivity index (χ3v) is 5.94. The third-order valence-electron chi connectivity index (χ3n) is 5.00. The van der Waals surface area contributed by atoms with Crippen LogP contribution in [0.1, 0.15) is 37.5 Å². The molecule has 0 radical (unpaired) electrons. The van der Waals surface area contributed by atoms with Gasteiger partial charge in [0.1, 0.15) is 5.82 Å². The van der Waals surface area contributed by atoms with Crippen molar-refractivity contribution in [1.82, 2.24) is 0 Å². The molecule has 3 nitrogen and oxygen atoms in total. The van der Waals surface area contributed by atoms with E-state index in [1.54, 1.807) is 26.2 Å². The lowest BCUT2D eigenvalue weighted by molar-refractivity contribution is -0.143. The molecule has 1 aliphatic carbocycles. The van der Waals surface area contributed by atoms with Gasteiger partial charge < -0.3 is 5.11 Å². The summed E-state index contributed by atoms with van der Waals surface area (Å²) in [5.41, 5.74) is 3.53. The van der Waals surface area contributed by atoms with Crippen LogP contribution in [0.3, 0.4) is 0 Å². The molecular formula is C22H21FO3S. The van der Waals surface area contributed by atoms with Crippen LogP contribution in [0, 0.1) is 11.2 Å². The number of hydrogen-bond acceptors (Lipinski definition) is 2. The molecule has 140 valence electrons. The maximum Gasteiger partial charge on any atom is 0.313 e. The first-order valence-corrected chi connectivity index (χ1v) is 10.1. The van der Waals surface area contributed by atoms with Gasteiger partial charge in [-0.1, -0.05) is 18.2 Å². The molecule has 0 aliphatic heterocycles. The van der Waals surface area contributed by atoms with Gasteiger partial charge in [-0.15, -0.1) is 0 Å². The molecule has 1 atom stereocenters. The van der Waals surface area contributed by atoms with Crippen LogP contribution in [-0.2, 0) is 15.6 Å². The summed E-state index contributed by atoms with van der Waals surface area (Å²) >= 11 is 0. The van der Waals surface area contributed by atoms with Crippen LogP contribution in [0.5, 0.6) is 0 Å². The lowest BCUT2D eigenvalue weighted by Crippen LogP contribution is -2.25. The highest BCUT2D eigenvalue weighted by Gasteiger charge is 2.39. The average molecular weight is 384 g/mol. The summed E-state index contributed by atoms with van der Waals surface area (Å²) in [6.45, 7) is 5.15. The van der Waals surface area contributed by atoms with Gasteiger partial charge in [0, 0.05) is 22.0 Å². The van der Waals surface area contributed by atoms with Gasteiger partial charge in [0.15, 0.2) is 0 Å². The number of halogens is 1. The second-order valence-corrected chi connectivity index (χ2v) is 8.58. The van der Waals surface area contributed by atoms with E-state index in [1.165, 1.54) is 12.1 Å². The molecule has 1 aliphatic rings. The second-order valence-electron chi connectivity index (χ2n) is 7.20. The molecule has 3 rings (SSSR count). The molecule has 2 aromatic rings. The van der Waals surface area contributed by atoms with E-state index < -0.39 is 28.0 Å². The molecule has 27 heavy (non-hydrogen) atoms. The Morgan fingerprint density at radius 2 is 1.74 bits per heavy atom. The zero-order valence-electron chi connectivity index (χ0n) is 15.7. The van der Waals surface area contributed by atoms with Gasteiger partial charge >= 0.3 is 5.97 Å². The van der Waals surface area contributed by atoms with Gasteiger partial charge in [-0.3, -0.25) is 9.00 Å². The van der Waals surface area contributed by atoms with Crippen molar-refractivity contribution in [2.24, 2.45) is 5.41 Å². The molecule has 0 aromatic heterocycles. The maximum absolute atomic E-state index is 13.9. The van der Waals surface area contributed by atoms with Crippen molar-refractivity contribution in [2.75, 3.05) is 6.26 Å². The highest BCUT2D eigenvalue weighted by atomic mass is 32.2. The van der Waals surface area contributed by atoms with Gasteiger partial charge in [0.05, 0.1) is 5.41 Å². The quantitative estimate of drug-likeness (QED) is 0.807. The van der Waals surface area contributed by atoms with Gasteiger partial charge in [0.25, 0.3) is 0 Å². The fourth-order valence-corrected chi connectivity index (χ4v) is 4.04. The summed E-state index contributed by atoms with van der Waals surface area (Å²) in [7, 11) is -1.05. The summed E-state index contributed by atoms with van der Waals surface area (Å²) in [6, 6.07) is 11.9. The Kier molecular flexibility index (Phi) is 4.91. The minimum Gasteiger partial charge on any atom is -0.481 e. The zero-order valence-corrected chi connectivity index (χ0v) is 16.5. The third kappa shape index (κ3) is 3.39. The smallest absolute Gasteiger partial charge is 0.313 e. The van der Waals surface area contributed by atoms with E-state index in [4.69, 9.17) is 0 Å². The van der Waals surface area contributed by atoms with Crippen molar-refractivity contribution >= 4 is 34.0 Å². The van der Waals surface area contributed by atoms with E-state index in [-0.39, 0.29) is 0 Å². The Morgan fingerprint density at radius 1 is 1.11 bits per heavy atom. The van der Waals surface area contributed by atoms with E-state index in [2.05, 4.69) is 0 Å². The monoisotopic (exact) mass is 384 g/mol. The molecule has 0 bridgehead atoms. The molecule has 1 unspecified atom stereocenters. The molecule has 0 amide bonds. The molecule has 0 saturated heterocycles. The van der Waals surface area contributed by atoms with Crippen LogP contribution in [0.25, 0.3) is 17.2 Å². The highest BCUT2D eigenvalue weighted by molar-refractivity contribution is 7.84. The number of fused-ring (bicyclic) bond motifs is 1. The predicted molar refractivity (Wildman–Crippen MR) is 107 cm³/mol. The largest absolute Gasteiger partial charge is 0.481 e. The Morgan fingerprint density at radius 3 is 2.30 bits per heavy atom. The number of aliphatic carboxylic acids is 1. The molecule has 1 N–H and O–H groups in total. The lowest BCUT2D eigenvalue weighted by Gasteiger charge is -2.23. The molecule has 5 heteroatoms. The Bertz CT molecular complexity index is 1010. The number of benzene rings is 2. The van der Waals surface area contributed by atoms with Crippen LogP contribution in [-0.4, -0.2) is 21.5 Å². The van der Waals surface area contributed by atoms with Crippen LogP contribution in [0.15, 0.2) is 52.9 Å². The second kappa shape index (κ2) is 6.89. The van der Waals surface area contributed by atoms with E-state index in [0.29, 0.717) is 11.1 Å². The average Bonchev–Trinajstić information content (AvgIpc) is 2.86. The Balaban J connectivity index is 2.20. The van der Waals surface area contributed by atoms with Crippen LogP contribution < -0.4 is 0 Å². The van der Waals surface area contributed by atoms with Gasteiger partial charge in [-0.05, 0) is 84.5 Å². The first-order chi connectivity index (χ1) is 12.6. The summed E-state index contributed by atoms with van der Waals surface area (Å²) < 4.78 is 25.5. The highest BCUT2D eigenvalue weighted by Crippen LogP contribution is 2.50. The number of hydrogen-bond donors (Lipinski definition) is 1. The van der Waals surface area contributed by atoms with Crippen molar-refractivity contribution in [3.05, 3.63) is 70.5 Å². The summed E-state index contributed by atoms with van der Waals surface area (Å²) in [5, 5.41) is 9.70. The van der Waals surface area contributed by atoms with Crippen LogP contribution >= 0.6 is 0 Å². The fourth-order valence-electron chi connectivity index (χ4n) is 3.52. The summed E-state index contributed by atoms with van der Waals surface area (Å²) in [6.07, 6.45) is 3.59. The molecule has 0 spiro atoms. The van der Waals surface area contributed by atoms with Crippen LogP contribution in [0.4, 0.5) is 4.39 Å². The molecule has 0 heterocycles. The summed E-state index contributed by atoms with van der Waals surface area (Å²) in [4.78, 5) is 12.6. The normalized spacial score (nSPS) is 16.6. The van der Waals surface area contributed by atoms with Crippen molar-refractivity contribution in [3.8, 4) is 0 Å². The Labute approximate surface area is 160 Å². The number of carbonyl (C=O) groups is 1.